The highest BCUT2D eigenvalue weighted by Gasteiger charge is 2.45. The van der Waals surface area contributed by atoms with Crippen LogP contribution in [-0.2, 0) is 14.6 Å². The average molecular weight is 529 g/mol. The number of aryl methyl sites for hydroxylation is 1. The quantitative estimate of drug-likeness (QED) is 0.552. The van der Waals surface area contributed by atoms with E-state index < -0.39 is 15.4 Å². The number of sulfone groups is 1. The van der Waals surface area contributed by atoms with E-state index in [1.165, 1.54) is 6.33 Å². The van der Waals surface area contributed by atoms with Gasteiger partial charge < -0.3 is 19.7 Å². The highest BCUT2D eigenvalue weighted by atomic mass is 32.2. The largest absolute Gasteiger partial charge is 0.474 e. The first-order chi connectivity index (χ1) is 17.4. The predicted molar refractivity (Wildman–Crippen MR) is 140 cm³/mol. The Labute approximate surface area is 218 Å². The van der Waals surface area contributed by atoms with Crippen LogP contribution in [0.2, 0.25) is 0 Å². The van der Waals surface area contributed by atoms with E-state index in [2.05, 4.69) is 15.3 Å². The summed E-state index contributed by atoms with van der Waals surface area (Å²) in [5, 5.41) is 3.08. The molecule has 1 aromatic carbocycles. The fraction of sp³-hybridized carbons (Fsp3) is 0.593. The maximum Gasteiger partial charge on any atom is 0.410 e. The van der Waals surface area contributed by atoms with E-state index in [0.717, 1.165) is 55.3 Å². The van der Waals surface area contributed by atoms with Gasteiger partial charge in [0.05, 0.1) is 15.7 Å². The van der Waals surface area contributed by atoms with Crippen LogP contribution in [0.3, 0.4) is 0 Å². The van der Waals surface area contributed by atoms with Gasteiger partial charge in [-0.1, -0.05) is 0 Å². The minimum Gasteiger partial charge on any atom is -0.474 e. The Bertz CT molecular complexity index is 1290. The molecule has 1 aromatic heterocycles. The van der Waals surface area contributed by atoms with Gasteiger partial charge in [0.2, 0.25) is 5.88 Å². The summed E-state index contributed by atoms with van der Waals surface area (Å²) in [5.74, 6) is 1.12. The van der Waals surface area contributed by atoms with Gasteiger partial charge in [0.15, 0.2) is 9.84 Å². The molecule has 10 heteroatoms. The zero-order valence-electron chi connectivity index (χ0n) is 22.2. The van der Waals surface area contributed by atoms with Crippen LogP contribution in [0.5, 0.6) is 5.88 Å². The van der Waals surface area contributed by atoms with Gasteiger partial charge in [0, 0.05) is 30.6 Å². The van der Waals surface area contributed by atoms with Gasteiger partial charge in [-0.2, -0.15) is 0 Å². The number of piperidine rings is 1. The fourth-order valence-corrected chi connectivity index (χ4v) is 7.06. The summed E-state index contributed by atoms with van der Waals surface area (Å²) >= 11 is 0. The zero-order chi connectivity index (χ0) is 26.5. The van der Waals surface area contributed by atoms with E-state index >= 15 is 0 Å². The van der Waals surface area contributed by atoms with Gasteiger partial charge >= 0.3 is 6.09 Å². The van der Waals surface area contributed by atoms with Crippen molar-refractivity contribution < 1.29 is 22.7 Å². The molecule has 3 fully saturated rings. The third-order valence-corrected chi connectivity index (χ3v) is 9.61. The predicted octanol–water partition coefficient (Wildman–Crippen LogP) is 5.08. The van der Waals surface area contributed by atoms with Crippen molar-refractivity contribution in [3.63, 3.8) is 0 Å². The number of rotatable bonds is 6. The Hall–Kier alpha value is -2.88. The standard InChI is InChI=1S/C27H36N4O5S/c1-16-12-22(37(33,34)21-8-9-21)10-11-23(16)30-24-17(2)25(29-15-28-24)35-20-13-18-6-7-19(14-20)31(18)26(32)36-27(3,4)5/h10-12,15,18-21H,6-9,13-14H2,1-5H3,(H,28,29,30)/t18-,19?,20+/m0/s1. The molecule has 1 aliphatic carbocycles. The van der Waals surface area contributed by atoms with Crippen molar-refractivity contribution in [1.29, 1.82) is 0 Å². The van der Waals surface area contributed by atoms with Gasteiger partial charge in [0.1, 0.15) is 23.9 Å². The van der Waals surface area contributed by atoms with Gasteiger partial charge in [-0.25, -0.2) is 23.2 Å². The van der Waals surface area contributed by atoms with E-state index in [-0.39, 0.29) is 29.5 Å². The van der Waals surface area contributed by atoms with Crippen molar-refractivity contribution >= 4 is 27.4 Å². The lowest BCUT2D eigenvalue weighted by molar-refractivity contribution is -0.00770. The number of ether oxygens (including phenoxy) is 2. The average Bonchev–Trinajstić information content (AvgIpc) is 3.62. The van der Waals surface area contributed by atoms with Crippen LogP contribution in [0.15, 0.2) is 29.4 Å². The van der Waals surface area contributed by atoms with Gasteiger partial charge in [0.25, 0.3) is 0 Å². The Morgan fingerprint density at radius 1 is 1.05 bits per heavy atom. The SMILES string of the molecule is Cc1cc(S(=O)(=O)C2CC2)ccc1Nc1ncnc(O[C@H]2CC3CC[C@@H](C2)N3C(=O)OC(C)(C)C)c1C. The molecule has 9 nitrogen and oxygen atoms in total. The molecule has 0 radical (unpaired) electrons. The molecule has 2 saturated heterocycles. The number of anilines is 2. The van der Waals surface area contributed by atoms with Crippen molar-refractivity contribution in [1.82, 2.24) is 14.9 Å². The smallest absolute Gasteiger partial charge is 0.410 e. The number of carbonyl (C=O) groups excluding carboxylic acids is 1. The molecular formula is C27H36N4O5S. The van der Waals surface area contributed by atoms with E-state index in [0.29, 0.717) is 16.6 Å². The van der Waals surface area contributed by atoms with Gasteiger partial charge in [-0.15, -0.1) is 0 Å². The first-order valence-corrected chi connectivity index (χ1v) is 14.6. The van der Waals surface area contributed by atoms with E-state index in [9.17, 15) is 13.2 Å². The number of carbonyl (C=O) groups is 1. The van der Waals surface area contributed by atoms with Crippen LogP contribution in [0.1, 0.15) is 70.4 Å². The van der Waals surface area contributed by atoms with Crippen LogP contribution in [0.4, 0.5) is 16.3 Å². The second-order valence-electron chi connectivity index (χ2n) is 11.5. The molecule has 2 aliphatic heterocycles. The van der Waals surface area contributed by atoms with Crippen molar-refractivity contribution in [3.05, 3.63) is 35.7 Å². The van der Waals surface area contributed by atoms with Gasteiger partial charge in [-0.05, 0) is 84.1 Å². The number of hydrogen-bond donors (Lipinski definition) is 1. The number of amides is 1. The molecule has 0 spiro atoms. The molecule has 3 atom stereocenters. The van der Waals surface area contributed by atoms with Crippen molar-refractivity contribution in [2.75, 3.05) is 5.32 Å². The minimum atomic E-state index is -3.24. The molecule has 200 valence electrons. The number of benzene rings is 1. The second kappa shape index (κ2) is 9.45. The molecule has 1 saturated carbocycles. The zero-order valence-corrected chi connectivity index (χ0v) is 23.0. The molecule has 5 rings (SSSR count). The van der Waals surface area contributed by atoms with Crippen LogP contribution in [0, 0.1) is 13.8 Å². The third kappa shape index (κ3) is 5.39. The van der Waals surface area contributed by atoms with E-state index in [4.69, 9.17) is 9.47 Å². The van der Waals surface area contributed by atoms with E-state index in [1.807, 2.05) is 39.5 Å². The Morgan fingerprint density at radius 2 is 1.73 bits per heavy atom. The molecule has 1 N–H and O–H groups in total. The monoisotopic (exact) mass is 528 g/mol. The van der Waals surface area contributed by atoms with Crippen LogP contribution >= 0.6 is 0 Å². The summed E-state index contributed by atoms with van der Waals surface area (Å²) < 4.78 is 37.2. The Morgan fingerprint density at radius 3 is 2.32 bits per heavy atom. The maximum atomic E-state index is 12.8. The lowest BCUT2D eigenvalue weighted by atomic mass is 10.00. The third-order valence-electron chi connectivity index (χ3n) is 7.35. The molecule has 1 unspecified atom stereocenters. The topological polar surface area (TPSA) is 111 Å². The number of nitrogens with zero attached hydrogens (tertiary/aromatic N) is 3. The highest BCUT2D eigenvalue weighted by molar-refractivity contribution is 7.92. The molecule has 2 aromatic rings. The first-order valence-electron chi connectivity index (χ1n) is 13.0. The second-order valence-corrected chi connectivity index (χ2v) is 13.7. The fourth-order valence-electron chi connectivity index (χ4n) is 5.32. The molecule has 1 amide bonds. The molecule has 3 aliphatic rings. The lowest BCUT2D eigenvalue weighted by Crippen LogP contribution is -2.50. The van der Waals surface area contributed by atoms with Gasteiger partial charge in [-0.3, -0.25) is 0 Å². The number of nitrogens with one attached hydrogen (secondary N) is 1. The van der Waals surface area contributed by atoms with Crippen LogP contribution in [0.25, 0.3) is 0 Å². The van der Waals surface area contributed by atoms with Crippen LogP contribution < -0.4 is 10.1 Å². The summed E-state index contributed by atoms with van der Waals surface area (Å²) in [7, 11) is -3.24. The van der Waals surface area contributed by atoms with Crippen molar-refractivity contribution in [3.8, 4) is 5.88 Å². The maximum absolute atomic E-state index is 12.8. The molecular weight excluding hydrogens is 492 g/mol. The van der Waals surface area contributed by atoms with E-state index in [1.54, 1.807) is 18.2 Å². The minimum absolute atomic E-state index is 0.0497. The highest BCUT2D eigenvalue weighted by Crippen LogP contribution is 2.39. The van der Waals surface area contributed by atoms with Crippen molar-refractivity contribution in [2.24, 2.45) is 0 Å². The van der Waals surface area contributed by atoms with Crippen molar-refractivity contribution in [2.45, 2.75) is 107 Å². The normalized spacial score (nSPS) is 23.6. The lowest BCUT2D eigenvalue weighted by Gasteiger charge is -2.39. The summed E-state index contributed by atoms with van der Waals surface area (Å²) in [5.41, 5.74) is 1.87. The number of fused-ring (bicyclic) bond motifs is 2. The van der Waals surface area contributed by atoms with Crippen LogP contribution in [-0.4, -0.2) is 58.4 Å². The summed E-state index contributed by atoms with van der Waals surface area (Å²) in [6.07, 6.45) is 6.03. The summed E-state index contributed by atoms with van der Waals surface area (Å²) in [6.45, 7) is 9.45. The summed E-state index contributed by atoms with van der Waals surface area (Å²) in [4.78, 5) is 23.8. The number of hydrogen-bond acceptors (Lipinski definition) is 8. The molecule has 3 heterocycles. The summed E-state index contributed by atoms with van der Waals surface area (Å²) in [6, 6.07) is 5.37. The Balaban J connectivity index is 1.27. The molecule has 37 heavy (non-hydrogen) atoms. The number of aromatic nitrogens is 2. The Kier molecular flexibility index (Phi) is 6.58. The molecule has 2 bridgehead atoms. The first kappa shape index (κ1) is 25.8.